The van der Waals surface area contributed by atoms with Crippen LogP contribution >= 0.6 is 0 Å². The summed E-state index contributed by atoms with van der Waals surface area (Å²) >= 11 is 0. The first-order valence-electron chi connectivity index (χ1n) is 10.2. The number of pyridine rings is 1. The molecule has 1 fully saturated rings. The number of rotatable bonds is 4. The van der Waals surface area contributed by atoms with Gasteiger partial charge in [-0.05, 0) is 44.9 Å². The standard InChI is InChI=1S/C22H23N7O/c1-15-12-21(29-20(24-15)11-16(2)25-29)27-10-4-6-18(27)14-28-22(30)8-7-19(26-28)17-5-3-9-23-13-17/h3,5,7-9,11-13,18H,4,6,10,14H2,1-2H3. The molecule has 0 amide bonds. The zero-order valence-corrected chi connectivity index (χ0v) is 17.1. The fourth-order valence-electron chi connectivity index (χ4n) is 4.17. The minimum Gasteiger partial charge on any atom is -0.352 e. The molecule has 1 aliphatic rings. The van der Waals surface area contributed by atoms with Crippen molar-refractivity contribution in [2.24, 2.45) is 0 Å². The number of anilines is 1. The lowest BCUT2D eigenvalue weighted by Gasteiger charge is -2.27. The van der Waals surface area contributed by atoms with Gasteiger partial charge in [0.05, 0.1) is 24.0 Å². The predicted molar refractivity (Wildman–Crippen MR) is 115 cm³/mol. The lowest BCUT2D eigenvalue weighted by Crippen LogP contribution is -2.38. The van der Waals surface area contributed by atoms with E-state index in [0.717, 1.165) is 53.5 Å². The number of nitrogens with zero attached hydrogens (tertiary/aromatic N) is 7. The van der Waals surface area contributed by atoms with Gasteiger partial charge in [0.25, 0.3) is 5.56 Å². The second-order valence-corrected chi connectivity index (χ2v) is 7.78. The van der Waals surface area contributed by atoms with Gasteiger partial charge >= 0.3 is 0 Å². The van der Waals surface area contributed by atoms with Crippen LogP contribution in [0, 0.1) is 13.8 Å². The van der Waals surface area contributed by atoms with Crippen LogP contribution in [0.4, 0.5) is 5.82 Å². The van der Waals surface area contributed by atoms with Crippen LogP contribution in [0.15, 0.2) is 53.6 Å². The average Bonchev–Trinajstić information content (AvgIpc) is 3.35. The van der Waals surface area contributed by atoms with E-state index in [1.807, 2.05) is 36.6 Å². The smallest absolute Gasteiger partial charge is 0.266 e. The summed E-state index contributed by atoms with van der Waals surface area (Å²) in [5.74, 6) is 1.02. The van der Waals surface area contributed by atoms with Crippen LogP contribution in [0.5, 0.6) is 0 Å². The van der Waals surface area contributed by atoms with Gasteiger partial charge in [0.1, 0.15) is 5.82 Å². The third-order valence-corrected chi connectivity index (χ3v) is 5.54. The highest BCUT2D eigenvalue weighted by atomic mass is 16.1. The molecule has 0 bridgehead atoms. The highest BCUT2D eigenvalue weighted by Crippen LogP contribution is 2.27. The van der Waals surface area contributed by atoms with E-state index in [4.69, 9.17) is 0 Å². The number of aromatic nitrogens is 6. The number of fused-ring (bicyclic) bond motifs is 1. The third-order valence-electron chi connectivity index (χ3n) is 5.54. The Morgan fingerprint density at radius 3 is 2.83 bits per heavy atom. The normalized spacial score (nSPS) is 16.5. The van der Waals surface area contributed by atoms with Crippen LogP contribution < -0.4 is 10.5 Å². The van der Waals surface area contributed by atoms with E-state index in [0.29, 0.717) is 6.54 Å². The van der Waals surface area contributed by atoms with Gasteiger partial charge in [0.2, 0.25) is 0 Å². The fourth-order valence-corrected chi connectivity index (χ4v) is 4.17. The molecule has 5 rings (SSSR count). The van der Waals surface area contributed by atoms with Gasteiger partial charge in [-0.3, -0.25) is 9.78 Å². The summed E-state index contributed by atoms with van der Waals surface area (Å²) in [5, 5.41) is 9.25. The van der Waals surface area contributed by atoms with Crippen LogP contribution in [0.25, 0.3) is 16.9 Å². The van der Waals surface area contributed by atoms with E-state index in [9.17, 15) is 4.79 Å². The van der Waals surface area contributed by atoms with E-state index in [1.54, 1.807) is 29.2 Å². The Kier molecular flexibility index (Phi) is 4.54. The molecule has 30 heavy (non-hydrogen) atoms. The Hall–Kier alpha value is -3.55. The van der Waals surface area contributed by atoms with Crippen molar-refractivity contribution < 1.29 is 0 Å². The molecular weight excluding hydrogens is 378 g/mol. The van der Waals surface area contributed by atoms with Crippen LogP contribution in [-0.2, 0) is 6.54 Å². The quantitative estimate of drug-likeness (QED) is 0.523. The van der Waals surface area contributed by atoms with E-state index in [2.05, 4.69) is 31.1 Å². The van der Waals surface area contributed by atoms with Crippen molar-refractivity contribution in [3.05, 3.63) is 70.5 Å². The largest absolute Gasteiger partial charge is 0.352 e. The summed E-state index contributed by atoms with van der Waals surface area (Å²) < 4.78 is 3.48. The Morgan fingerprint density at radius 2 is 2.00 bits per heavy atom. The van der Waals surface area contributed by atoms with Gasteiger partial charge in [-0.25, -0.2) is 9.67 Å². The minimum absolute atomic E-state index is 0.0968. The van der Waals surface area contributed by atoms with Crippen molar-refractivity contribution in [1.82, 2.24) is 29.4 Å². The van der Waals surface area contributed by atoms with Gasteiger partial charge in [-0.15, -0.1) is 0 Å². The lowest BCUT2D eigenvalue weighted by atomic mass is 10.2. The van der Waals surface area contributed by atoms with Gasteiger partial charge in [0, 0.05) is 48.4 Å². The zero-order chi connectivity index (χ0) is 20.7. The molecule has 0 N–H and O–H groups in total. The number of hydrogen-bond donors (Lipinski definition) is 0. The Bertz CT molecular complexity index is 1260. The van der Waals surface area contributed by atoms with Crippen molar-refractivity contribution in [1.29, 1.82) is 0 Å². The van der Waals surface area contributed by atoms with Crippen molar-refractivity contribution >= 4 is 11.5 Å². The molecule has 8 nitrogen and oxygen atoms in total. The fraction of sp³-hybridized carbons (Fsp3) is 0.318. The van der Waals surface area contributed by atoms with Crippen LogP contribution in [0.1, 0.15) is 24.2 Å². The highest BCUT2D eigenvalue weighted by Gasteiger charge is 2.28. The molecule has 1 saturated heterocycles. The molecule has 8 heteroatoms. The van der Waals surface area contributed by atoms with E-state index < -0.39 is 0 Å². The molecule has 4 aromatic heterocycles. The first-order chi connectivity index (χ1) is 14.6. The molecule has 152 valence electrons. The molecule has 0 spiro atoms. The van der Waals surface area contributed by atoms with Crippen molar-refractivity contribution in [3.63, 3.8) is 0 Å². The second kappa shape index (κ2) is 7.37. The summed E-state index contributed by atoms with van der Waals surface area (Å²) in [5.41, 5.74) is 4.29. The minimum atomic E-state index is -0.0968. The summed E-state index contributed by atoms with van der Waals surface area (Å²) in [6, 6.07) is 11.4. The monoisotopic (exact) mass is 401 g/mol. The molecule has 0 aliphatic carbocycles. The first kappa shape index (κ1) is 18.5. The van der Waals surface area contributed by atoms with E-state index in [-0.39, 0.29) is 11.6 Å². The molecule has 0 saturated carbocycles. The van der Waals surface area contributed by atoms with Crippen LogP contribution in [0.2, 0.25) is 0 Å². The number of aryl methyl sites for hydroxylation is 2. The topological polar surface area (TPSA) is 81.2 Å². The van der Waals surface area contributed by atoms with E-state index in [1.165, 1.54) is 0 Å². The first-order valence-corrected chi connectivity index (χ1v) is 10.2. The SMILES string of the molecule is Cc1cc(N2CCCC2Cn2nc(-c3cccnc3)ccc2=O)n2nc(C)cc2n1. The van der Waals surface area contributed by atoms with Gasteiger partial charge in [0.15, 0.2) is 5.65 Å². The summed E-state index contributed by atoms with van der Waals surface area (Å²) in [6.45, 7) is 5.41. The lowest BCUT2D eigenvalue weighted by molar-refractivity contribution is 0.487. The average molecular weight is 401 g/mol. The molecule has 1 unspecified atom stereocenters. The summed E-state index contributed by atoms with van der Waals surface area (Å²) in [4.78, 5) is 23.6. The van der Waals surface area contributed by atoms with Crippen LogP contribution in [-0.4, -0.2) is 41.9 Å². The van der Waals surface area contributed by atoms with Crippen molar-refractivity contribution in [2.75, 3.05) is 11.4 Å². The molecular formula is C22H23N7O. The maximum atomic E-state index is 12.5. The Labute approximate surface area is 173 Å². The molecule has 4 aromatic rings. The predicted octanol–water partition coefficient (Wildman–Crippen LogP) is 2.63. The second-order valence-electron chi connectivity index (χ2n) is 7.78. The summed E-state index contributed by atoms with van der Waals surface area (Å²) in [6.07, 6.45) is 5.54. The highest BCUT2D eigenvalue weighted by molar-refractivity contribution is 5.56. The van der Waals surface area contributed by atoms with Gasteiger partial charge in [-0.2, -0.15) is 14.7 Å². The Morgan fingerprint density at radius 1 is 1.10 bits per heavy atom. The van der Waals surface area contributed by atoms with Gasteiger partial charge < -0.3 is 4.90 Å². The van der Waals surface area contributed by atoms with E-state index >= 15 is 0 Å². The maximum absolute atomic E-state index is 12.5. The molecule has 5 heterocycles. The Balaban J connectivity index is 1.49. The van der Waals surface area contributed by atoms with Gasteiger partial charge in [-0.1, -0.05) is 0 Å². The number of hydrogen-bond acceptors (Lipinski definition) is 6. The third kappa shape index (κ3) is 3.34. The molecule has 0 aromatic carbocycles. The van der Waals surface area contributed by atoms with Crippen molar-refractivity contribution in [3.8, 4) is 11.3 Å². The molecule has 0 radical (unpaired) electrons. The molecule has 1 aliphatic heterocycles. The van der Waals surface area contributed by atoms with Crippen LogP contribution in [0.3, 0.4) is 0 Å². The molecule has 1 atom stereocenters. The summed E-state index contributed by atoms with van der Waals surface area (Å²) in [7, 11) is 0. The zero-order valence-electron chi connectivity index (χ0n) is 17.1. The maximum Gasteiger partial charge on any atom is 0.266 e. The van der Waals surface area contributed by atoms with Crippen molar-refractivity contribution in [2.45, 2.75) is 39.3 Å².